The lowest BCUT2D eigenvalue weighted by Crippen LogP contribution is -2.46. The highest BCUT2D eigenvalue weighted by molar-refractivity contribution is 4.90. The van der Waals surface area contributed by atoms with E-state index in [2.05, 4.69) is 12.2 Å². The smallest absolute Gasteiger partial charge is 0.0586 e. The number of hydrogen-bond donors (Lipinski definition) is 1. The Bertz CT molecular complexity index is 171. The Kier molecular flexibility index (Phi) is 2.89. The zero-order valence-corrected chi connectivity index (χ0v) is 8.75. The SMILES string of the molecule is COC1CCC(NC2CCC2C)C1. The zero-order chi connectivity index (χ0) is 9.26. The van der Waals surface area contributed by atoms with Gasteiger partial charge in [-0.2, -0.15) is 0 Å². The Labute approximate surface area is 81.0 Å². The van der Waals surface area contributed by atoms with E-state index in [1.165, 1.54) is 32.1 Å². The zero-order valence-electron chi connectivity index (χ0n) is 8.75. The van der Waals surface area contributed by atoms with E-state index in [1.54, 1.807) is 0 Å². The van der Waals surface area contributed by atoms with E-state index in [4.69, 9.17) is 4.74 Å². The van der Waals surface area contributed by atoms with Crippen molar-refractivity contribution < 1.29 is 4.74 Å². The molecule has 0 aromatic rings. The first-order valence-electron chi connectivity index (χ1n) is 5.58. The maximum atomic E-state index is 5.36. The molecule has 2 saturated carbocycles. The third kappa shape index (κ3) is 2.05. The fourth-order valence-corrected chi connectivity index (χ4v) is 2.52. The Balaban J connectivity index is 1.71. The average molecular weight is 183 g/mol. The molecule has 0 aliphatic heterocycles. The van der Waals surface area contributed by atoms with Crippen LogP contribution in [0.1, 0.15) is 39.0 Å². The molecular formula is C11H21NO. The Hall–Kier alpha value is -0.0800. The van der Waals surface area contributed by atoms with Crippen LogP contribution >= 0.6 is 0 Å². The molecule has 0 saturated heterocycles. The van der Waals surface area contributed by atoms with E-state index in [-0.39, 0.29) is 0 Å². The lowest BCUT2D eigenvalue weighted by atomic mass is 9.80. The standard InChI is InChI=1S/C11H21NO/c1-8-3-6-11(8)12-9-4-5-10(7-9)13-2/h8-12H,3-7H2,1-2H3. The van der Waals surface area contributed by atoms with Crippen molar-refractivity contribution in [3.63, 3.8) is 0 Å². The van der Waals surface area contributed by atoms with E-state index in [9.17, 15) is 0 Å². The summed E-state index contributed by atoms with van der Waals surface area (Å²) in [6.07, 6.45) is 7.09. The molecule has 76 valence electrons. The van der Waals surface area contributed by atoms with Crippen molar-refractivity contribution in [2.24, 2.45) is 5.92 Å². The van der Waals surface area contributed by atoms with Crippen molar-refractivity contribution in [1.29, 1.82) is 0 Å². The summed E-state index contributed by atoms with van der Waals surface area (Å²) in [5, 5.41) is 3.75. The predicted molar refractivity (Wildman–Crippen MR) is 53.8 cm³/mol. The number of nitrogens with one attached hydrogen (secondary N) is 1. The summed E-state index contributed by atoms with van der Waals surface area (Å²) in [6, 6.07) is 1.54. The van der Waals surface area contributed by atoms with Crippen LogP contribution in [0.2, 0.25) is 0 Å². The molecule has 0 aromatic heterocycles. The molecule has 2 aliphatic rings. The van der Waals surface area contributed by atoms with Crippen LogP contribution in [0, 0.1) is 5.92 Å². The van der Waals surface area contributed by atoms with Crippen LogP contribution in [0.4, 0.5) is 0 Å². The van der Waals surface area contributed by atoms with Crippen molar-refractivity contribution in [2.45, 2.75) is 57.2 Å². The van der Waals surface area contributed by atoms with Gasteiger partial charge in [0.05, 0.1) is 6.10 Å². The van der Waals surface area contributed by atoms with Crippen LogP contribution < -0.4 is 5.32 Å². The Morgan fingerprint density at radius 1 is 1.15 bits per heavy atom. The van der Waals surface area contributed by atoms with Crippen molar-refractivity contribution in [3.05, 3.63) is 0 Å². The van der Waals surface area contributed by atoms with E-state index in [1.807, 2.05) is 7.11 Å². The highest BCUT2D eigenvalue weighted by Crippen LogP contribution is 2.29. The van der Waals surface area contributed by atoms with E-state index < -0.39 is 0 Å². The molecule has 0 bridgehead atoms. The van der Waals surface area contributed by atoms with Gasteiger partial charge in [0.25, 0.3) is 0 Å². The second-order valence-corrected chi connectivity index (χ2v) is 4.70. The minimum absolute atomic E-state index is 0.521. The number of hydrogen-bond acceptors (Lipinski definition) is 2. The number of methoxy groups -OCH3 is 1. The van der Waals surface area contributed by atoms with Crippen molar-refractivity contribution >= 4 is 0 Å². The fourth-order valence-electron chi connectivity index (χ4n) is 2.52. The van der Waals surface area contributed by atoms with Gasteiger partial charge < -0.3 is 10.1 Å². The lowest BCUT2D eigenvalue weighted by Gasteiger charge is -2.36. The Morgan fingerprint density at radius 2 is 2.00 bits per heavy atom. The van der Waals surface area contributed by atoms with Gasteiger partial charge in [-0.1, -0.05) is 6.92 Å². The highest BCUT2D eigenvalue weighted by atomic mass is 16.5. The molecule has 0 aromatic carbocycles. The molecule has 2 fully saturated rings. The first-order valence-corrected chi connectivity index (χ1v) is 5.58. The molecule has 1 N–H and O–H groups in total. The topological polar surface area (TPSA) is 21.3 Å². The molecule has 2 aliphatic carbocycles. The third-order valence-electron chi connectivity index (χ3n) is 3.79. The highest BCUT2D eigenvalue weighted by Gasteiger charge is 2.31. The van der Waals surface area contributed by atoms with E-state index in [0.29, 0.717) is 6.10 Å². The van der Waals surface area contributed by atoms with Gasteiger partial charge in [-0.3, -0.25) is 0 Å². The molecule has 4 unspecified atom stereocenters. The summed E-state index contributed by atoms with van der Waals surface area (Å²) in [4.78, 5) is 0. The van der Waals surface area contributed by atoms with Gasteiger partial charge in [-0.05, 0) is 38.0 Å². The van der Waals surface area contributed by atoms with Gasteiger partial charge in [0, 0.05) is 19.2 Å². The molecule has 0 heterocycles. The molecule has 0 amide bonds. The number of ether oxygens (including phenoxy) is 1. The van der Waals surface area contributed by atoms with Crippen LogP contribution in [-0.2, 0) is 4.74 Å². The first-order chi connectivity index (χ1) is 6.29. The first kappa shape index (κ1) is 9.47. The quantitative estimate of drug-likeness (QED) is 0.722. The largest absolute Gasteiger partial charge is 0.381 e. The molecule has 2 heteroatoms. The van der Waals surface area contributed by atoms with Gasteiger partial charge in [-0.25, -0.2) is 0 Å². The summed E-state index contributed by atoms with van der Waals surface area (Å²) >= 11 is 0. The predicted octanol–water partition coefficient (Wildman–Crippen LogP) is 1.94. The molecule has 2 nitrogen and oxygen atoms in total. The second kappa shape index (κ2) is 3.97. The summed E-state index contributed by atoms with van der Waals surface area (Å²) in [5.41, 5.74) is 0. The summed E-state index contributed by atoms with van der Waals surface area (Å²) in [5.74, 6) is 0.904. The normalized spacial score (nSPS) is 44.8. The number of rotatable bonds is 3. The van der Waals surface area contributed by atoms with E-state index >= 15 is 0 Å². The van der Waals surface area contributed by atoms with Crippen LogP contribution in [-0.4, -0.2) is 25.3 Å². The van der Waals surface area contributed by atoms with Crippen LogP contribution in [0.25, 0.3) is 0 Å². The fraction of sp³-hybridized carbons (Fsp3) is 1.00. The van der Waals surface area contributed by atoms with Crippen molar-refractivity contribution in [2.75, 3.05) is 7.11 Å². The maximum absolute atomic E-state index is 5.36. The van der Waals surface area contributed by atoms with Gasteiger partial charge in [0.1, 0.15) is 0 Å². The molecule has 2 rings (SSSR count). The summed E-state index contributed by atoms with van der Waals surface area (Å²) in [6.45, 7) is 2.35. The van der Waals surface area contributed by atoms with Crippen molar-refractivity contribution in [1.82, 2.24) is 5.32 Å². The molecule has 13 heavy (non-hydrogen) atoms. The van der Waals surface area contributed by atoms with Crippen LogP contribution in [0.5, 0.6) is 0 Å². The molecule has 0 spiro atoms. The maximum Gasteiger partial charge on any atom is 0.0586 e. The molecular weight excluding hydrogens is 162 g/mol. The monoisotopic (exact) mass is 183 g/mol. The molecule has 4 atom stereocenters. The van der Waals surface area contributed by atoms with Gasteiger partial charge in [0.2, 0.25) is 0 Å². The van der Waals surface area contributed by atoms with Crippen molar-refractivity contribution in [3.8, 4) is 0 Å². The van der Waals surface area contributed by atoms with E-state index in [0.717, 1.165) is 18.0 Å². The summed E-state index contributed by atoms with van der Waals surface area (Å²) < 4.78 is 5.36. The Morgan fingerprint density at radius 3 is 2.46 bits per heavy atom. The third-order valence-corrected chi connectivity index (χ3v) is 3.79. The minimum atomic E-state index is 0.521. The minimum Gasteiger partial charge on any atom is -0.381 e. The van der Waals surface area contributed by atoms with Gasteiger partial charge in [-0.15, -0.1) is 0 Å². The molecule has 0 radical (unpaired) electrons. The summed E-state index contributed by atoms with van der Waals surface area (Å²) in [7, 11) is 1.83. The second-order valence-electron chi connectivity index (χ2n) is 4.70. The van der Waals surface area contributed by atoms with Gasteiger partial charge in [0.15, 0.2) is 0 Å². The van der Waals surface area contributed by atoms with Crippen LogP contribution in [0.15, 0.2) is 0 Å². The van der Waals surface area contributed by atoms with Crippen LogP contribution in [0.3, 0.4) is 0 Å². The average Bonchev–Trinajstić information content (AvgIpc) is 2.59. The van der Waals surface area contributed by atoms with Gasteiger partial charge >= 0.3 is 0 Å². The lowest BCUT2D eigenvalue weighted by molar-refractivity contribution is 0.104.